The number of hydrogen-bond donors (Lipinski definition) is 0. The van der Waals surface area contributed by atoms with Crippen LogP contribution < -0.4 is 4.90 Å². The molecule has 6 heteroatoms. The number of anilines is 1. The fraction of sp³-hybridized carbons (Fsp3) is 0.333. The summed E-state index contributed by atoms with van der Waals surface area (Å²) in [6.07, 6.45) is 0. The van der Waals surface area contributed by atoms with Gasteiger partial charge < -0.3 is 9.64 Å². The molecule has 1 aliphatic heterocycles. The van der Waals surface area contributed by atoms with E-state index in [1.165, 1.54) is 0 Å². The van der Waals surface area contributed by atoms with E-state index in [2.05, 4.69) is 49.6 Å². The summed E-state index contributed by atoms with van der Waals surface area (Å²) in [7, 11) is 0. The maximum atomic E-state index is 6.01. The summed E-state index contributed by atoms with van der Waals surface area (Å²) in [5.74, 6) is 0.907. The first-order valence-corrected chi connectivity index (χ1v) is 7.15. The maximum Gasteiger partial charge on any atom is 0.224 e. The van der Waals surface area contributed by atoms with E-state index in [9.17, 15) is 0 Å². The van der Waals surface area contributed by atoms with Crippen molar-refractivity contribution in [3.05, 3.63) is 27.1 Å². The van der Waals surface area contributed by atoms with Crippen molar-refractivity contribution in [2.24, 2.45) is 0 Å². The number of rotatable bonds is 1. The standard InChI is InChI=1S/C12H11ClIN3O/c13-12-15-10-7-8(14)1-2-9(10)11(16-12)17-3-5-18-6-4-17/h1-2,7H,3-6H2. The fourth-order valence-electron chi connectivity index (χ4n) is 2.07. The molecule has 4 nitrogen and oxygen atoms in total. The van der Waals surface area contributed by atoms with Gasteiger partial charge in [-0.2, -0.15) is 4.98 Å². The van der Waals surface area contributed by atoms with E-state index in [0.29, 0.717) is 5.28 Å². The Labute approximate surface area is 123 Å². The van der Waals surface area contributed by atoms with Gasteiger partial charge in [-0.25, -0.2) is 4.98 Å². The Morgan fingerprint density at radius 2 is 2.00 bits per heavy atom. The molecule has 1 aliphatic rings. The van der Waals surface area contributed by atoms with Gasteiger partial charge in [0.2, 0.25) is 5.28 Å². The molecule has 0 atom stereocenters. The van der Waals surface area contributed by atoms with Crippen molar-refractivity contribution >= 4 is 50.9 Å². The molecule has 94 valence electrons. The van der Waals surface area contributed by atoms with E-state index in [1.807, 2.05) is 6.07 Å². The van der Waals surface area contributed by atoms with Crippen molar-refractivity contribution in [3.8, 4) is 0 Å². The number of nitrogens with zero attached hydrogens (tertiary/aromatic N) is 3. The molecule has 1 saturated heterocycles. The van der Waals surface area contributed by atoms with Crippen LogP contribution in [0.2, 0.25) is 5.28 Å². The molecular formula is C12H11ClIN3O. The van der Waals surface area contributed by atoms with Crippen molar-refractivity contribution < 1.29 is 4.74 Å². The highest BCUT2D eigenvalue weighted by Crippen LogP contribution is 2.27. The van der Waals surface area contributed by atoms with Gasteiger partial charge in [-0.1, -0.05) is 0 Å². The van der Waals surface area contributed by atoms with Crippen LogP contribution in [0.1, 0.15) is 0 Å². The van der Waals surface area contributed by atoms with Crippen molar-refractivity contribution in [1.29, 1.82) is 0 Å². The molecule has 18 heavy (non-hydrogen) atoms. The lowest BCUT2D eigenvalue weighted by molar-refractivity contribution is 0.122. The third-order valence-electron chi connectivity index (χ3n) is 2.92. The third kappa shape index (κ3) is 2.39. The van der Waals surface area contributed by atoms with Crippen molar-refractivity contribution in [3.63, 3.8) is 0 Å². The second-order valence-corrected chi connectivity index (χ2v) is 5.66. The summed E-state index contributed by atoms with van der Waals surface area (Å²) >= 11 is 8.28. The highest BCUT2D eigenvalue weighted by atomic mass is 127. The van der Waals surface area contributed by atoms with Crippen LogP contribution in [0.3, 0.4) is 0 Å². The minimum atomic E-state index is 0.297. The first-order chi connectivity index (χ1) is 8.74. The number of halogens is 2. The van der Waals surface area contributed by atoms with Crippen LogP contribution in [0.15, 0.2) is 18.2 Å². The zero-order valence-electron chi connectivity index (χ0n) is 9.57. The van der Waals surface area contributed by atoms with Gasteiger partial charge in [0.15, 0.2) is 0 Å². The fourth-order valence-corrected chi connectivity index (χ4v) is 2.72. The first-order valence-electron chi connectivity index (χ1n) is 5.69. The Hall–Kier alpha value is -0.660. The summed E-state index contributed by atoms with van der Waals surface area (Å²) in [6, 6.07) is 6.13. The van der Waals surface area contributed by atoms with E-state index in [4.69, 9.17) is 16.3 Å². The van der Waals surface area contributed by atoms with Crippen molar-refractivity contribution in [1.82, 2.24) is 9.97 Å². The van der Waals surface area contributed by atoms with Crippen LogP contribution in [-0.4, -0.2) is 36.3 Å². The van der Waals surface area contributed by atoms with Crippen molar-refractivity contribution in [2.75, 3.05) is 31.2 Å². The summed E-state index contributed by atoms with van der Waals surface area (Å²) < 4.78 is 6.50. The van der Waals surface area contributed by atoms with Gasteiger partial charge in [-0.15, -0.1) is 0 Å². The van der Waals surface area contributed by atoms with E-state index in [1.54, 1.807) is 0 Å². The average molecular weight is 376 g/mol. The van der Waals surface area contributed by atoms with Crippen LogP contribution in [0, 0.1) is 3.57 Å². The summed E-state index contributed by atoms with van der Waals surface area (Å²) in [5.41, 5.74) is 0.892. The molecule has 2 heterocycles. The Bertz CT molecular complexity index is 582. The average Bonchev–Trinajstić information content (AvgIpc) is 2.38. The number of morpholine rings is 1. The Morgan fingerprint density at radius 1 is 1.22 bits per heavy atom. The molecule has 1 aromatic heterocycles. The van der Waals surface area contributed by atoms with Gasteiger partial charge in [-0.3, -0.25) is 0 Å². The number of ether oxygens (including phenoxy) is 1. The molecular weight excluding hydrogens is 365 g/mol. The molecule has 2 aromatic rings. The molecule has 0 N–H and O–H groups in total. The lowest BCUT2D eigenvalue weighted by atomic mass is 10.2. The Morgan fingerprint density at radius 3 is 2.78 bits per heavy atom. The van der Waals surface area contributed by atoms with Gasteiger partial charge in [-0.05, 0) is 52.4 Å². The van der Waals surface area contributed by atoms with Crippen LogP contribution in [-0.2, 0) is 4.74 Å². The number of fused-ring (bicyclic) bond motifs is 1. The van der Waals surface area contributed by atoms with Gasteiger partial charge >= 0.3 is 0 Å². The highest BCUT2D eigenvalue weighted by Gasteiger charge is 2.16. The van der Waals surface area contributed by atoms with Crippen molar-refractivity contribution in [2.45, 2.75) is 0 Å². The number of aromatic nitrogens is 2. The summed E-state index contributed by atoms with van der Waals surface area (Å²) in [4.78, 5) is 10.9. The summed E-state index contributed by atoms with van der Waals surface area (Å²) in [5, 5.41) is 1.34. The molecule has 0 bridgehead atoms. The normalized spacial score (nSPS) is 16.2. The highest BCUT2D eigenvalue weighted by molar-refractivity contribution is 14.1. The van der Waals surface area contributed by atoms with Crippen LogP contribution in [0.5, 0.6) is 0 Å². The minimum absolute atomic E-state index is 0.297. The third-order valence-corrected chi connectivity index (χ3v) is 3.76. The zero-order chi connectivity index (χ0) is 12.5. The quantitative estimate of drug-likeness (QED) is 0.567. The van der Waals surface area contributed by atoms with Crippen LogP contribution >= 0.6 is 34.2 Å². The summed E-state index contributed by atoms with van der Waals surface area (Å²) in [6.45, 7) is 3.14. The molecule has 0 saturated carbocycles. The van der Waals surface area contributed by atoms with Crippen LogP contribution in [0.4, 0.5) is 5.82 Å². The molecule has 3 rings (SSSR count). The largest absolute Gasteiger partial charge is 0.378 e. The second-order valence-electron chi connectivity index (χ2n) is 4.08. The van der Waals surface area contributed by atoms with E-state index >= 15 is 0 Å². The molecule has 0 amide bonds. The van der Waals surface area contributed by atoms with Gasteiger partial charge in [0.05, 0.1) is 18.7 Å². The monoisotopic (exact) mass is 375 g/mol. The molecule has 0 radical (unpaired) electrons. The molecule has 0 spiro atoms. The van der Waals surface area contributed by atoms with Gasteiger partial charge in [0.25, 0.3) is 0 Å². The Kier molecular flexibility index (Phi) is 3.54. The molecule has 1 aromatic carbocycles. The molecule has 0 unspecified atom stereocenters. The lowest BCUT2D eigenvalue weighted by Crippen LogP contribution is -2.37. The van der Waals surface area contributed by atoms with Crippen LogP contribution in [0.25, 0.3) is 10.9 Å². The predicted molar refractivity (Wildman–Crippen MR) is 80.3 cm³/mol. The zero-order valence-corrected chi connectivity index (χ0v) is 12.5. The van der Waals surface area contributed by atoms with E-state index in [-0.39, 0.29) is 0 Å². The maximum absolute atomic E-state index is 6.01. The first kappa shape index (κ1) is 12.4. The van der Waals surface area contributed by atoms with E-state index < -0.39 is 0 Å². The lowest BCUT2D eigenvalue weighted by Gasteiger charge is -2.28. The topological polar surface area (TPSA) is 38.2 Å². The predicted octanol–water partition coefficient (Wildman–Crippen LogP) is 2.72. The second kappa shape index (κ2) is 5.14. The molecule has 0 aliphatic carbocycles. The minimum Gasteiger partial charge on any atom is -0.378 e. The molecule has 1 fully saturated rings. The number of hydrogen-bond acceptors (Lipinski definition) is 4. The number of benzene rings is 1. The van der Waals surface area contributed by atoms with Gasteiger partial charge in [0, 0.05) is 22.0 Å². The van der Waals surface area contributed by atoms with Gasteiger partial charge in [0.1, 0.15) is 5.82 Å². The SMILES string of the molecule is Clc1nc(N2CCOCC2)c2ccc(I)cc2n1. The smallest absolute Gasteiger partial charge is 0.224 e. The van der Waals surface area contributed by atoms with E-state index in [0.717, 1.165) is 46.6 Å². The Balaban J connectivity index is 2.14.